The summed E-state index contributed by atoms with van der Waals surface area (Å²) in [5.74, 6) is 4.91. The van der Waals surface area contributed by atoms with Crippen LogP contribution in [0.5, 0.6) is 0 Å². The summed E-state index contributed by atoms with van der Waals surface area (Å²) in [7, 11) is 0. The second kappa shape index (κ2) is 7.29. The van der Waals surface area contributed by atoms with Crippen LogP contribution in [0.25, 0.3) is 0 Å². The first kappa shape index (κ1) is 13.1. The van der Waals surface area contributed by atoms with E-state index in [-0.39, 0.29) is 5.91 Å². The first-order valence-corrected chi connectivity index (χ1v) is 6.18. The Hall–Kier alpha value is -1.01. The maximum Gasteiger partial charge on any atom is 0.295 e. The molecule has 1 unspecified atom stereocenters. The molecule has 0 aromatic carbocycles. The lowest BCUT2D eigenvalue weighted by Crippen LogP contribution is -2.39. The summed E-state index contributed by atoms with van der Waals surface area (Å²) < 4.78 is 0. The third-order valence-corrected chi connectivity index (χ3v) is 3.09. The fraction of sp³-hybridized carbons (Fsp3) is 0.769. The molecule has 0 aromatic heterocycles. The molecule has 1 saturated heterocycles. The molecule has 0 aliphatic carbocycles. The Bertz CT molecular complexity index is 277. The molecule has 3 heteroatoms. The van der Waals surface area contributed by atoms with Gasteiger partial charge in [-0.15, -0.1) is 0 Å². The highest BCUT2D eigenvalue weighted by molar-refractivity contribution is 5.93. The molecule has 1 aliphatic heterocycles. The molecule has 1 aliphatic rings. The number of likely N-dealkylation sites (tertiary alicyclic amines) is 1. The summed E-state index contributed by atoms with van der Waals surface area (Å²) in [4.78, 5) is 13.6. The van der Waals surface area contributed by atoms with Gasteiger partial charge in [-0.3, -0.25) is 4.79 Å². The molecule has 1 amide bonds. The van der Waals surface area contributed by atoms with Gasteiger partial charge in [-0.1, -0.05) is 12.3 Å². The second-order valence-corrected chi connectivity index (χ2v) is 4.37. The predicted octanol–water partition coefficient (Wildman–Crippen LogP) is 1.39. The van der Waals surface area contributed by atoms with Crippen LogP contribution in [0.2, 0.25) is 0 Å². The summed E-state index contributed by atoms with van der Waals surface area (Å²) in [6.07, 6.45) is 5.01. The van der Waals surface area contributed by atoms with Crippen molar-refractivity contribution in [3.63, 3.8) is 0 Å². The topological polar surface area (TPSA) is 32.3 Å². The first-order valence-electron chi connectivity index (χ1n) is 6.18. The van der Waals surface area contributed by atoms with Gasteiger partial charge in [0.25, 0.3) is 5.91 Å². The smallest absolute Gasteiger partial charge is 0.295 e. The average Bonchev–Trinajstić information content (AvgIpc) is 2.27. The minimum Gasteiger partial charge on any atom is -0.345 e. The van der Waals surface area contributed by atoms with Gasteiger partial charge < -0.3 is 10.2 Å². The summed E-state index contributed by atoms with van der Waals surface area (Å²) >= 11 is 0. The minimum atomic E-state index is -0.158. The number of rotatable bonds is 4. The zero-order valence-corrected chi connectivity index (χ0v) is 10.4. The molecule has 0 saturated carbocycles. The lowest BCUT2D eigenvalue weighted by atomic mass is 10.0. The van der Waals surface area contributed by atoms with Crippen molar-refractivity contribution >= 4 is 5.91 Å². The molecule has 1 N–H and O–H groups in total. The van der Waals surface area contributed by atoms with Gasteiger partial charge in [0, 0.05) is 19.1 Å². The Labute approximate surface area is 98.6 Å². The summed E-state index contributed by atoms with van der Waals surface area (Å²) in [6, 6.07) is 0.708. The number of hydrogen-bond donors (Lipinski definition) is 1. The quantitative estimate of drug-likeness (QED) is 0.576. The maximum absolute atomic E-state index is 11.1. The van der Waals surface area contributed by atoms with E-state index < -0.39 is 0 Å². The number of amides is 1. The predicted molar refractivity (Wildman–Crippen MR) is 66.0 cm³/mol. The molecule has 0 aromatic rings. The van der Waals surface area contributed by atoms with E-state index in [1.54, 1.807) is 6.92 Å². The van der Waals surface area contributed by atoms with Gasteiger partial charge in [-0.25, -0.2) is 0 Å². The van der Waals surface area contributed by atoms with Crippen LogP contribution in [0.4, 0.5) is 0 Å². The maximum atomic E-state index is 11.1. The zero-order valence-electron chi connectivity index (χ0n) is 10.4. The minimum absolute atomic E-state index is 0.158. The Morgan fingerprint density at radius 2 is 2.31 bits per heavy atom. The van der Waals surface area contributed by atoms with Crippen LogP contribution < -0.4 is 5.32 Å². The van der Waals surface area contributed by atoms with Crippen molar-refractivity contribution in [2.75, 3.05) is 19.6 Å². The fourth-order valence-corrected chi connectivity index (χ4v) is 2.13. The molecule has 1 fully saturated rings. The fourth-order valence-electron chi connectivity index (χ4n) is 2.13. The third kappa shape index (κ3) is 4.67. The zero-order chi connectivity index (χ0) is 11.8. The number of nitrogens with one attached hydrogen (secondary N) is 1. The van der Waals surface area contributed by atoms with Crippen LogP contribution in [0.1, 0.15) is 39.5 Å². The summed E-state index contributed by atoms with van der Waals surface area (Å²) in [5.41, 5.74) is 0. The molecule has 1 heterocycles. The van der Waals surface area contributed by atoms with Crippen LogP contribution in [0.15, 0.2) is 0 Å². The van der Waals surface area contributed by atoms with Gasteiger partial charge in [-0.05, 0) is 45.6 Å². The Morgan fingerprint density at radius 1 is 1.50 bits per heavy atom. The highest BCUT2D eigenvalue weighted by Crippen LogP contribution is 2.15. The van der Waals surface area contributed by atoms with E-state index in [2.05, 4.69) is 29.0 Å². The monoisotopic (exact) mass is 222 g/mol. The number of piperidine rings is 1. The molecule has 1 atom stereocenters. The van der Waals surface area contributed by atoms with E-state index in [0.29, 0.717) is 6.04 Å². The van der Waals surface area contributed by atoms with Crippen LogP contribution in [-0.4, -0.2) is 36.5 Å². The molecular formula is C13H22N2O. The van der Waals surface area contributed by atoms with Gasteiger partial charge in [0.05, 0.1) is 0 Å². The van der Waals surface area contributed by atoms with Crippen LogP contribution >= 0.6 is 0 Å². The van der Waals surface area contributed by atoms with Crippen molar-refractivity contribution in [2.24, 2.45) is 0 Å². The van der Waals surface area contributed by atoms with E-state index in [1.165, 1.54) is 25.8 Å². The van der Waals surface area contributed by atoms with Crippen molar-refractivity contribution in [1.82, 2.24) is 10.2 Å². The largest absolute Gasteiger partial charge is 0.345 e. The number of carbonyl (C=O) groups excluding carboxylic acids is 1. The number of nitrogens with zero attached hydrogens (tertiary/aromatic N) is 1. The van der Waals surface area contributed by atoms with Crippen LogP contribution in [-0.2, 0) is 4.79 Å². The second-order valence-electron chi connectivity index (χ2n) is 4.37. The SMILES string of the molecule is CC#CC(=O)NCCCN1CCCCC1C. The molecule has 3 nitrogen and oxygen atoms in total. The molecule has 90 valence electrons. The van der Waals surface area contributed by atoms with Crippen LogP contribution in [0.3, 0.4) is 0 Å². The summed E-state index contributed by atoms with van der Waals surface area (Å²) in [6.45, 7) is 7.00. The molecule has 0 radical (unpaired) electrons. The van der Waals surface area contributed by atoms with Crippen molar-refractivity contribution in [1.29, 1.82) is 0 Å². The highest BCUT2D eigenvalue weighted by atomic mass is 16.1. The van der Waals surface area contributed by atoms with Crippen LogP contribution in [0, 0.1) is 11.8 Å². The Balaban J connectivity index is 2.09. The van der Waals surface area contributed by atoms with Gasteiger partial charge >= 0.3 is 0 Å². The average molecular weight is 222 g/mol. The van der Waals surface area contributed by atoms with Gasteiger partial charge in [-0.2, -0.15) is 0 Å². The lowest BCUT2D eigenvalue weighted by molar-refractivity contribution is -0.115. The van der Waals surface area contributed by atoms with E-state index in [1.807, 2.05) is 0 Å². The number of carbonyl (C=O) groups is 1. The number of hydrogen-bond acceptors (Lipinski definition) is 2. The van der Waals surface area contributed by atoms with E-state index in [9.17, 15) is 4.79 Å². The molecule has 16 heavy (non-hydrogen) atoms. The third-order valence-electron chi connectivity index (χ3n) is 3.09. The van der Waals surface area contributed by atoms with Crippen molar-refractivity contribution < 1.29 is 4.79 Å². The molecular weight excluding hydrogens is 200 g/mol. The van der Waals surface area contributed by atoms with Gasteiger partial charge in [0.15, 0.2) is 0 Å². The van der Waals surface area contributed by atoms with E-state index in [0.717, 1.165) is 19.5 Å². The van der Waals surface area contributed by atoms with Gasteiger partial charge in [0.1, 0.15) is 0 Å². The molecule has 0 bridgehead atoms. The summed E-state index contributed by atoms with van der Waals surface area (Å²) in [5, 5.41) is 2.80. The van der Waals surface area contributed by atoms with Crippen molar-refractivity contribution in [2.45, 2.75) is 45.6 Å². The molecule has 1 rings (SSSR count). The standard InChI is InChI=1S/C13H22N2O/c1-3-7-13(16)14-9-6-11-15-10-5-4-8-12(15)2/h12H,4-6,8-11H2,1-2H3,(H,14,16). The molecule has 0 spiro atoms. The van der Waals surface area contributed by atoms with Crippen molar-refractivity contribution in [3.05, 3.63) is 0 Å². The normalized spacial score (nSPS) is 21.0. The van der Waals surface area contributed by atoms with E-state index >= 15 is 0 Å². The lowest BCUT2D eigenvalue weighted by Gasteiger charge is -2.33. The Morgan fingerprint density at radius 3 is 3.00 bits per heavy atom. The van der Waals surface area contributed by atoms with Crippen molar-refractivity contribution in [3.8, 4) is 11.8 Å². The first-order chi connectivity index (χ1) is 7.74. The highest BCUT2D eigenvalue weighted by Gasteiger charge is 2.16. The van der Waals surface area contributed by atoms with Gasteiger partial charge in [0.2, 0.25) is 0 Å². The Kier molecular flexibility index (Phi) is 5.95. The van der Waals surface area contributed by atoms with E-state index in [4.69, 9.17) is 0 Å².